The van der Waals surface area contributed by atoms with Crippen LogP contribution in [0.5, 0.6) is 0 Å². The van der Waals surface area contributed by atoms with Gasteiger partial charge in [0.1, 0.15) is 11.0 Å². The summed E-state index contributed by atoms with van der Waals surface area (Å²) in [6.45, 7) is 0. The Kier molecular flexibility index (Phi) is 4.64. The Morgan fingerprint density at radius 2 is 1.89 bits per heavy atom. The molecular weight excluding hydrogens is 479 g/mol. The SMILES string of the molecule is O=C(Nc1cncc(-c2ccc3[nH]nc(-c4nc5c(-c6ccc(F)s6)cncc5[nH]4)c3n2)c1)C1CC1. The minimum atomic E-state index is -0.265. The van der Waals surface area contributed by atoms with Crippen LogP contribution in [0.3, 0.4) is 0 Å². The number of nitrogens with zero attached hydrogens (tertiary/aromatic N) is 5. The fourth-order valence-electron chi connectivity index (χ4n) is 4.15. The molecule has 6 aromatic rings. The zero-order valence-electron chi connectivity index (χ0n) is 18.6. The van der Waals surface area contributed by atoms with Crippen molar-refractivity contribution in [3.8, 4) is 33.2 Å². The molecule has 0 bridgehead atoms. The van der Waals surface area contributed by atoms with Gasteiger partial charge in [-0.2, -0.15) is 9.49 Å². The molecule has 0 saturated heterocycles. The summed E-state index contributed by atoms with van der Waals surface area (Å²) < 4.78 is 13.6. The normalized spacial score (nSPS) is 13.5. The minimum Gasteiger partial charge on any atom is -0.335 e. The van der Waals surface area contributed by atoms with Crippen molar-refractivity contribution in [1.82, 2.24) is 35.1 Å². The minimum absolute atomic E-state index is 0.0264. The Morgan fingerprint density at radius 3 is 2.72 bits per heavy atom. The van der Waals surface area contributed by atoms with Gasteiger partial charge in [0.2, 0.25) is 5.91 Å². The second-order valence-corrected chi connectivity index (χ2v) is 9.70. The van der Waals surface area contributed by atoms with Crippen molar-refractivity contribution in [1.29, 1.82) is 0 Å². The quantitative estimate of drug-likeness (QED) is 0.302. The second kappa shape index (κ2) is 8.02. The zero-order chi connectivity index (χ0) is 24.2. The summed E-state index contributed by atoms with van der Waals surface area (Å²) in [6, 6.07) is 8.78. The molecule has 11 heteroatoms. The third-order valence-corrected chi connectivity index (χ3v) is 7.02. The number of H-pyrrole nitrogens is 2. The summed E-state index contributed by atoms with van der Waals surface area (Å²) in [4.78, 5) is 34.3. The smallest absolute Gasteiger partial charge is 0.227 e. The van der Waals surface area contributed by atoms with E-state index in [0.717, 1.165) is 45.7 Å². The molecule has 1 aliphatic rings. The average Bonchev–Trinajstić information content (AvgIpc) is 3.30. The van der Waals surface area contributed by atoms with E-state index in [2.05, 4.69) is 30.5 Å². The van der Waals surface area contributed by atoms with E-state index in [4.69, 9.17) is 9.97 Å². The Bertz CT molecular complexity index is 1780. The van der Waals surface area contributed by atoms with E-state index in [-0.39, 0.29) is 17.0 Å². The van der Waals surface area contributed by atoms with Crippen LogP contribution in [0.25, 0.3) is 55.3 Å². The van der Waals surface area contributed by atoms with Crippen LogP contribution in [0.1, 0.15) is 12.8 Å². The first-order valence-electron chi connectivity index (χ1n) is 11.3. The lowest BCUT2D eigenvalue weighted by Crippen LogP contribution is -2.13. The Hall–Kier alpha value is -4.51. The lowest BCUT2D eigenvalue weighted by molar-refractivity contribution is -0.117. The predicted octanol–water partition coefficient (Wildman–Crippen LogP) is 5.17. The van der Waals surface area contributed by atoms with Crippen LogP contribution in [0.2, 0.25) is 0 Å². The molecule has 9 nitrogen and oxygen atoms in total. The molecule has 36 heavy (non-hydrogen) atoms. The number of carbonyl (C=O) groups excluding carboxylic acids is 1. The van der Waals surface area contributed by atoms with Crippen LogP contribution < -0.4 is 5.32 Å². The highest BCUT2D eigenvalue weighted by Gasteiger charge is 2.29. The molecule has 0 radical (unpaired) electrons. The van der Waals surface area contributed by atoms with Crippen LogP contribution in [-0.2, 0) is 4.79 Å². The van der Waals surface area contributed by atoms with Gasteiger partial charge in [-0.15, -0.1) is 11.3 Å². The van der Waals surface area contributed by atoms with Gasteiger partial charge in [0.15, 0.2) is 16.6 Å². The third kappa shape index (κ3) is 3.60. The second-order valence-electron chi connectivity index (χ2n) is 8.66. The largest absolute Gasteiger partial charge is 0.335 e. The molecule has 0 aromatic carbocycles. The van der Waals surface area contributed by atoms with Gasteiger partial charge in [0, 0.05) is 34.3 Å². The van der Waals surface area contributed by atoms with Crippen LogP contribution in [0.15, 0.2) is 55.1 Å². The van der Waals surface area contributed by atoms with Gasteiger partial charge in [-0.1, -0.05) is 0 Å². The Balaban J connectivity index is 1.28. The van der Waals surface area contributed by atoms with Gasteiger partial charge in [-0.05, 0) is 43.2 Å². The molecule has 0 spiro atoms. The van der Waals surface area contributed by atoms with Crippen molar-refractivity contribution in [2.75, 3.05) is 5.32 Å². The van der Waals surface area contributed by atoms with Crippen molar-refractivity contribution in [3.63, 3.8) is 0 Å². The van der Waals surface area contributed by atoms with Gasteiger partial charge < -0.3 is 10.3 Å². The van der Waals surface area contributed by atoms with E-state index >= 15 is 0 Å². The van der Waals surface area contributed by atoms with Gasteiger partial charge >= 0.3 is 0 Å². The molecule has 0 aliphatic heterocycles. The number of imidazole rings is 1. The van der Waals surface area contributed by atoms with Crippen LogP contribution in [0, 0.1) is 11.0 Å². The highest BCUT2D eigenvalue weighted by molar-refractivity contribution is 7.14. The molecule has 6 heterocycles. The molecule has 1 amide bonds. The molecule has 3 N–H and O–H groups in total. The van der Waals surface area contributed by atoms with Crippen molar-refractivity contribution in [2.24, 2.45) is 5.92 Å². The van der Waals surface area contributed by atoms with Gasteiger partial charge in [-0.25, -0.2) is 9.97 Å². The van der Waals surface area contributed by atoms with Crippen LogP contribution in [-0.4, -0.2) is 41.0 Å². The van der Waals surface area contributed by atoms with E-state index in [1.165, 1.54) is 6.07 Å². The molecule has 1 fully saturated rings. The average molecular weight is 497 g/mol. The lowest BCUT2D eigenvalue weighted by Gasteiger charge is -2.06. The Labute approximate surface area is 206 Å². The monoisotopic (exact) mass is 496 g/mol. The topological polar surface area (TPSA) is 125 Å². The number of halogens is 1. The summed E-state index contributed by atoms with van der Waals surface area (Å²) >= 11 is 1.05. The number of hydrogen-bond acceptors (Lipinski definition) is 7. The fraction of sp³-hybridized carbons (Fsp3) is 0.120. The maximum Gasteiger partial charge on any atom is 0.227 e. The number of pyridine rings is 3. The highest BCUT2D eigenvalue weighted by Crippen LogP contribution is 2.34. The summed E-state index contributed by atoms with van der Waals surface area (Å²) in [7, 11) is 0. The van der Waals surface area contributed by atoms with Crippen molar-refractivity contribution in [2.45, 2.75) is 12.8 Å². The molecule has 0 unspecified atom stereocenters. The molecule has 7 rings (SSSR count). The number of amides is 1. The number of rotatable bonds is 5. The standard InChI is InChI=1S/C25H17FN8OS/c26-20-6-5-19(36-20)15-10-28-11-18-21(15)32-24(31-18)23-22-17(33-34-23)4-3-16(30-22)13-7-14(9-27-8-13)29-25(35)12-1-2-12/h3-12H,1-2H2,(H,29,35)(H,31,32)(H,33,34). The maximum absolute atomic E-state index is 13.6. The van der Waals surface area contributed by atoms with Gasteiger partial charge in [0.05, 0.1) is 34.8 Å². The zero-order valence-corrected chi connectivity index (χ0v) is 19.4. The first kappa shape index (κ1) is 20.8. The van der Waals surface area contributed by atoms with Gasteiger partial charge in [0.25, 0.3) is 0 Å². The first-order chi connectivity index (χ1) is 17.6. The van der Waals surface area contributed by atoms with E-state index in [0.29, 0.717) is 39.4 Å². The molecule has 176 valence electrons. The third-order valence-electron chi connectivity index (χ3n) is 6.11. The van der Waals surface area contributed by atoms with Crippen LogP contribution in [0.4, 0.5) is 10.1 Å². The maximum atomic E-state index is 13.6. The number of hydrogen-bond donors (Lipinski definition) is 3. The Morgan fingerprint density at radius 1 is 1.00 bits per heavy atom. The highest BCUT2D eigenvalue weighted by atomic mass is 32.1. The van der Waals surface area contributed by atoms with Crippen molar-refractivity contribution >= 4 is 45.0 Å². The van der Waals surface area contributed by atoms with Crippen molar-refractivity contribution < 1.29 is 9.18 Å². The number of thiophene rings is 1. The number of fused-ring (bicyclic) bond motifs is 2. The fourth-order valence-corrected chi connectivity index (χ4v) is 4.89. The molecule has 1 saturated carbocycles. The summed E-state index contributed by atoms with van der Waals surface area (Å²) in [5, 5.41) is 10.1. The molecule has 0 atom stereocenters. The number of nitrogens with one attached hydrogen (secondary N) is 3. The molecular formula is C25H17FN8OS. The number of anilines is 1. The van der Waals surface area contributed by atoms with Crippen LogP contribution >= 0.6 is 11.3 Å². The first-order valence-corrected chi connectivity index (χ1v) is 12.2. The van der Waals surface area contributed by atoms with Crippen molar-refractivity contribution in [3.05, 3.63) is 60.3 Å². The molecule has 1 aliphatic carbocycles. The number of aromatic nitrogens is 7. The summed E-state index contributed by atoms with van der Waals surface area (Å²) in [5.74, 6) is 0.657. The van der Waals surface area contributed by atoms with E-state index in [1.54, 1.807) is 30.9 Å². The van der Waals surface area contributed by atoms with E-state index in [9.17, 15) is 9.18 Å². The predicted molar refractivity (Wildman–Crippen MR) is 135 cm³/mol. The summed E-state index contributed by atoms with van der Waals surface area (Å²) in [6.07, 6.45) is 8.57. The lowest BCUT2D eigenvalue weighted by atomic mass is 10.1. The summed E-state index contributed by atoms with van der Waals surface area (Å²) in [5.41, 5.74) is 6.17. The molecule has 6 aromatic heterocycles. The number of carbonyl (C=O) groups is 1. The van der Waals surface area contributed by atoms with E-state index < -0.39 is 0 Å². The number of aromatic amines is 2. The van der Waals surface area contributed by atoms with Gasteiger partial charge in [-0.3, -0.25) is 19.9 Å². The van der Waals surface area contributed by atoms with E-state index in [1.807, 2.05) is 18.2 Å².